The van der Waals surface area contributed by atoms with Crippen molar-refractivity contribution in [2.75, 3.05) is 50.8 Å². The lowest BCUT2D eigenvalue weighted by molar-refractivity contribution is -0.136. The van der Waals surface area contributed by atoms with Crippen LogP contribution in [0.15, 0.2) is 42.5 Å². The van der Waals surface area contributed by atoms with Crippen molar-refractivity contribution in [2.24, 2.45) is 0 Å². The normalized spacial score (nSPS) is 24.0. The maximum Gasteiger partial charge on any atom is 0.255 e. The number of piperidine rings is 2. The number of piperazine rings is 1. The molecule has 41 heavy (non-hydrogen) atoms. The summed E-state index contributed by atoms with van der Waals surface area (Å²) in [4.78, 5) is 46.0. The Labute approximate surface area is 242 Å². The van der Waals surface area contributed by atoms with Crippen molar-refractivity contribution in [3.8, 4) is 5.75 Å². The number of hydrogen-bond donors (Lipinski definition) is 1. The number of fused-ring (bicyclic) bond motifs is 1. The summed E-state index contributed by atoms with van der Waals surface area (Å²) in [5, 5.41) is 2.36. The highest BCUT2D eigenvalue weighted by atomic mass is 16.5. The highest BCUT2D eigenvalue weighted by molar-refractivity contribution is 6.05. The van der Waals surface area contributed by atoms with Crippen LogP contribution in [-0.2, 0) is 22.7 Å². The second kappa shape index (κ2) is 12.2. The Bertz CT molecular complexity index is 1270. The summed E-state index contributed by atoms with van der Waals surface area (Å²) in [5.74, 6) is -0.0740. The number of anilines is 1. The minimum absolute atomic E-state index is 0.159. The van der Waals surface area contributed by atoms with Crippen molar-refractivity contribution >= 4 is 23.4 Å². The molecule has 1 N–H and O–H groups in total. The molecule has 4 heterocycles. The number of benzene rings is 2. The van der Waals surface area contributed by atoms with E-state index in [1.165, 1.54) is 24.1 Å². The van der Waals surface area contributed by atoms with Gasteiger partial charge in [0.05, 0.1) is 0 Å². The van der Waals surface area contributed by atoms with Gasteiger partial charge in [0.25, 0.3) is 5.91 Å². The zero-order valence-corrected chi connectivity index (χ0v) is 24.0. The van der Waals surface area contributed by atoms with E-state index in [2.05, 4.69) is 51.2 Å². The van der Waals surface area contributed by atoms with Crippen LogP contribution in [0, 0.1) is 0 Å². The summed E-state index contributed by atoms with van der Waals surface area (Å²) in [7, 11) is 0. The number of hydrogen-bond acceptors (Lipinski definition) is 7. The number of nitrogens with one attached hydrogen (secondary N) is 1. The average Bonchev–Trinajstić information content (AvgIpc) is 3.32. The molecule has 0 aliphatic carbocycles. The molecule has 0 spiro atoms. The van der Waals surface area contributed by atoms with Crippen LogP contribution in [0.1, 0.15) is 60.5 Å². The lowest BCUT2D eigenvalue weighted by atomic mass is 10.0. The summed E-state index contributed by atoms with van der Waals surface area (Å²) < 4.78 is 6.30. The van der Waals surface area contributed by atoms with E-state index in [1.807, 2.05) is 12.1 Å². The molecule has 3 fully saturated rings. The maximum atomic E-state index is 13.0. The van der Waals surface area contributed by atoms with Gasteiger partial charge in [0.2, 0.25) is 11.8 Å². The molecule has 4 aliphatic rings. The van der Waals surface area contributed by atoms with Gasteiger partial charge in [-0.1, -0.05) is 25.5 Å². The van der Waals surface area contributed by atoms with E-state index in [9.17, 15) is 14.4 Å². The zero-order chi connectivity index (χ0) is 28.3. The minimum Gasteiger partial charge on any atom is -0.492 e. The molecule has 0 bridgehead atoms. The van der Waals surface area contributed by atoms with E-state index >= 15 is 0 Å². The van der Waals surface area contributed by atoms with E-state index in [1.54, 1.807) is 11.0 Å². The number of likely N-dealkylation sites (N-methyl/N-ethyl adjacent to an activating group) is 1. The van der Waals surface area contributed by atoms with Crippen LogP contribution in [-0.4, -0.2) is 90.4 Å². The van der Waals surface area contributed by atoms with Crippen LogP contribution in [0.2, 0.25) is 0 Å². The van der Waals surface area contributed by atoms with Crippen molar-refractivity contribution < 1.29 is 19.1 Å². The van der Waals surface area contributed by atoms with Crippen molar-refractivity contribution in [2.45, 2.75) is 64.2 Å². The molecule has 2 atom stereocenters. The Morgan fingerprint density at radius 1 is 0.927 bits per heavy atom. The molecule has 0 aromatic heterocycles. The number of amides is 3. The third-order valence-electron chi connectivity index (χ3n) is 9.19. The fraction of sp³-hybridized carbons (Fsp3) is 0.531. The Balaban J connectivity index is 1.04. The lowest BCUT2D eigenvalue weighted by Crippen LogP contribution is -2.52. The van der Waals surface area contributed by atoms with Gasteiger partial charge in [-0.3, -0.25) is 24.6 Å². The molecule has 1 unspecified atom stereocenters. The maximum absolute atomic E-state index is 13.0. The van der Waals surface area contributed by atoms with Crippen LogP contribution in [0.4, 0.5) is 5.69 Å². The predicted octanol–water partition coefficient (Wildman–Crippen LogP) is 3.02. The molecule has 3 amide bonds. The number of nitrogens with zero attached hydrogens (tertiary/aromatic N) is 4. The Morgan fingerprint density at radius 3 is 2.49 bits per heavy atom. The molecule has 0 saturated carbocycles. The van der Waals surface area contributed by atoms with Gasteiger partial charge in [0.1, 0.15) is 18.4 Å². The summed E-state index contributed by atoms with van der Waals surface area (Å²) in [6, 6.07) is 14.4. The zero-order valence-electron chi connectivity index (χ0n) is 24.0. The van der Waals surface area contributed by atoms with Crippen LogP contribution in [0.5, 0.6) is 5.75 Å². The number of imide groups is 1. The minimum atomic E-state index is -0.604. The average molecular weight is 560 g/mol. The quantitative estimate of drug-likeness (QED) is 0.498. The standard InChI is InChI=1S/C32H41N5O4/c1-2-34-15-17-35(18-16-34)25-8-6-23(7-9-25)20-36-14-4-3-5-26(36)22-41-27-10-11-28-24(19-27)21-37(32(28)40)29-12-13-30(38)33-31(29)39/h6-11,19,26,29H,2-5,12-18,20-22H2,1H3,(H,33,38,39)/t26-,29?/m1/s1. The summed E-state index contributed by atoms with van der Waals surface area (Å²) >= 11 is 0. The SMILES string of the molecule is CCN1CCN(c2ccc(CN3CCCC[C@@H]3COc3ccc4c(c3)CN(C3CCC(=O)NC3=O)C4=O)cc2)CC1. The number of likely N-dealkylation sites (tertiary alicyclic amines) is 1. The van der Waals surface area contributed by atoms with Crippen LogP contribution < -0.4 is 15.0 Å². The van der Waals surface area contributed by atoms with E-state index in [-0.39, 0.29) is 24.1 Å². The fourth-order valence-electron chi connectivity index (χ4n) is 6.66. The number of carbonyl (C=O) groups excluding carboxylic acids is 3. The molecule has 218 valence electrons. The van der Waals surface area contributed by atoms with E-state index in [0.717, 1.165) is 63.5 Å². The first-order valence-electron chi connectivity index (χ1n) is 15.2. The number of rotatable bonds is 8. The van der Waals surface area contributed by atoms with Gasteiger partial charge in [-0.25, -0.2) is 0 Å². The monoisotopic (exact) mass is 559 g/mol. The van der Waals surface area contributed by atoms with Crippen LogP contribution in [0.3, 0.4) is 0 Å². The van der Waals surface area contributed by atoms with Crippen LogP contribution >= 0.6 is 0 Å². The molecule has 2 aromatic rings. The van der Waals surface area contributed by atoms with E-state index in [0.29, 0.717) is 31.2 Å². The van der Waals surface area contributed by atoms with Crippen molar-refractivity contribution in [1.29, 1.82) is 0 Å². The van der Waals surface area contributed by atoms with Gasteiger partial charge in [-0.2, -0.15) is 0 Å². The topological polar surface area (TPSA) is 85.4 Å². The van der Waals surface area contributed by atoms with Crippen molar-refractivity contribution in [3.63, 3.8) is 0 Å². The smallest absolute Gasteiger partial charge is 0.255 e. The van der Waals surface area contributed by atoms with Gasteiger partial charge in [0.15, 0.2) is 0 Å². The molecule has 0 radical (unpaired) electrons. The van der Waals surface area contributed by atoms with Crippen molar-refractivity contribution in [1.82, 2.24) is 20.0 Å². The summed E-state index contributed by atoms with van der Waals surface area (Å²) in [5.41, 5.74) is 4.12. The molecule has 3 saturated heterocycles. The number of ether oxygens (including phenoxy) is 1. The first kappa shape index (κ1) is 27.7. The van der Waals surface area contributed by atoms with Gasteiger partial charge in [-0.05, 0) is 73.8 Å². The van der Waals surface area contributed by atoms with Gasteiger partial charge in [-0.15, -0.1) is 0 Å². The van der Waals surface area contributed by atoms with Crippen molar-refractivity contribution in [3.05, 3.63) is 59.2 Å². The first-order valence-corrected chi connectivity index (χ1v) is 15.2. The molecule has 2 aromatic carbocycles. The summed E-state index contributed by atoms with van der Waals surface area (Å²) in [6.07, 6.45) is 4.12. The highest BCUT2D eigenvalue weighted by Gasteiger charge is 2.39. The Hall–Kier alpha value is -3.43. The van der Waals surface area contributed by atoms with E-state index < -0.39 is 6.04 Å². The lowest BCUT2D eigenvalue weighted by Gasteiger charge is -2.36. The molecule has 6 rings (SSSR count). The van der Waals surface area contributed by atoms with Gasteiger partial charge in [0, 0.05) is 63.0 Å². The third kappa shape index (κ3) is 6.11. The van der Waals surface area contributed by atoms with Gasteiger partial charge >= 0.3 is 0 Å². The number of carbonyl (C=O) groups is 3. The molecule has 9 nitrogen and oxygen atoms in total. The molecular formula is C32H41N5O4. The third-order valence-corrected chi connectivity index (χ3v) is 9.19. The second-order valence-corrected chi connectivity index (χ2v) is 11.7. The second-order valence-electron chi connectivity index (χ2n) is 11.7. The predicted molar refractivity (Wildman–Crippen MR) is 157 cm³/mol. The summed E-state index contributed by atoms with van der Waals surface area (Å²) in [6.45, 7) is 10.7. The highest BCUT2D eigenvalue weighted by Crippen LogP contribution is 2.31. The Kier molecular flexibility index (Phi) is 8.25. The van der Waals surface area contributed by atoms with Crippen LogP contribution in [0.25, 0.3) is 0 Å². The Morgan fingerprint density at radius 2 is 1.73 bits per heavy atom. The molecule has 4 aliphatic heterocycles. The largest absolute Gasteiger partial charge is 0.492 e. The first-order chi connectivity index (χ1) is 20.0. The molecular weight excluding hydrogens is 518 g/mol. The fourth-order valence-corrected chi connectivity index (χ4v) is 6.66. The van der Waals surface area contributed by atoms with E-state index in [4.69, 9.17) is 4.74 Å². The molecule has 9 heteroatoms. The van der Waals surface area contributed by atoms with Gasteiger partial charge < -0.3 is 19.4 Å².